The highest BCUT2D eigenvalue weighted by Gasteiger charge is 2.27. The molecule has 0 saturated carbocycles. The number of thiazole rings is 1. The third kappa shape index (κ3) is 4.25. The predicted molar refractivity (Wildman–Crippen MR) is 114 cm³/mol. The zero-order chi connectivity index (χ0) is 19.0. The molecule has 3 aromatic rings. The van der Waals surface area contributed by atoms with Crippen LogP contribution in [0.1, 0.15) is 45.4 Å². The molecule has 27 heavy (non-hydrogen) atoms. The summed E-state index contributed by atoms with van der Waals surface area (Å²) in [6.45, 7) is 8.41. The zero-order valence-corrected chi connectivity index (χ0v) is 18.8. The largest absolute Gasteiger partial charge is 0.467 e. The molecule has 0 radical (unpaired) electrons. The van der Waals surface area contributed by atoms with Crippen LogP contribution in [0.4, 0.5) is 5.13 Å². The van der Waals surface area contributed by atoms with Gasteiger partial charge in [-0.2, -0.15) is 4.37 Å². The van der Waals surface area contributed by atoms with Crippen molar-refractivity contribution in [3.63, 3.8) is 0 Å². The van der Waals surface area contributed by atoms with E-state index in [1.807, 2.05) is 12.1 Å². The van der Waals surface area contributed by atoms with Crippen molar-refractivity contribution in [3.05, 3.63) is 22.6 Å². The van der Waals surface area contributed by atoms with Crippen molar-refractivity contribution in [3.8, 4) is 5.19 Å². The van der Waals surface area contributed by atoms with Crippen molar-refractivity contribution >= 4 is 54.3 Å². The van der Waals surface area contributed by atoms with Gasteiger partial charge in [-0.1, -0.05) is 25.2 Å². The molecule has 0 aliphatic carbocycles. The molecule has 1 unspecified atom stereocenters. The van der Waals surface area contributed by atoms with Crippen LogP contribution in [0, 0.1) is 5.92 Å². The lowest BCUT2D eigenvalue weighted by Crippen LogP contribution is -2.38. The van der Waals surface area contributed by atoms with Crippen LogP contribution >= 0.6 is 38.8 Å². The van der Waals surface area contributed by atoms with Gasteiger partial charge in [0.15, 0.2) is 0 Å². The van der Waals surface area contributed by atoms with Gasteiger partial charge in [-0.15, -0.1) is 0 Å². The average Bonchev–Trinajstić information content (AvgIpc) is 3.28. The Morgan fingerprint density at radius 2 is 1.93 bits per heavy atom. The van der Waals surface area contributed by atoms with Crippen LogP contribution in [-0.4, -0.2) is 38.5 Å². The van der Waals surface area contributed by atoms with E-state index in [0.717, 1.165) is 51.8 Å². The Balaban J connectivity index is 1.35. The van der Waals surface area contributed by atoms with Crippen LogP contribution in [0.3, 0.4) is 0 Å². The topological polar surface area (TPSA) is 64.0 Å². The van der Waals surface area contributed by atoms with Gasteiger partial charge in [-0.05, 0) is 53.7 Å². The van der Waals surface area contributed by atoms with Gasteiger partial charge in [0.2, 0.25) is 5.13 Å². The van der Waals surface area contributed by atoms with E-state index < -0.39 is 0 Å². The smallest absolute Gasteiger partial charge is 0.276 e. The second-order valence-corrected chi connectivity index (χ2v) is 9.66. The zero-order valence-electron chi connectivity index (χ0n) is 15.6. The van der Waals surface area contributed by atoms with Gasteiger partial charge in [0.1, 0.15) is 26.9 Å². The van der Waals surface area contributed by atoms with E-state index in [1.54, 1.807) is 0 Å². The van der Waals surface area contributed by atoms with Gasteiger partial charge in [-0.3, -0.25) is 0 Å². The number of fused-ring (bicyclic) bond motifs is 1. The second-order valence-electron chi connectivity index (χ2n) is 7.18. The molecular formula is C18H22BrN5OS2. The number of rotatable bonds is 5. The first kappa shape index (κ1) is 19.0. The summed E-state index contributed by atoms with van der Waals surface area (Å²) in [7, 11) is 0. The molecule has 4 rings (SSSR count). The molecule has 1 saturated heterocycles. The lowest BCUT2D eigenvalue weighted by Gasteiger charge is -2.34. The van der Waals surface area contributed by atoms with Crippen LogP contribution in [0.5, 0.6) is 5.19 Å². The number of anilines is 1. The lowest BCUT2D eigenvalue weighted by atomic mass is 9.92. The molecule has 1 aliphatic heterocycles. The van der Waals surface area contributed by atoms with Crippen molar-refractivity contribution in [2.75, 3.05) is 18.0 Å². The molecule has 0 N–H and O–H groups in total. The molecule has 0 bridgehead atoms. The fourth-order valence-electron chi connectivity index (χ4n) is 3.23. The monoisotopic (exact) mass is 467 g/mol. The molecule has 3 aromatic heterocycles. The van der Waals surface area contributed by atoms with Crippen LogP contribution in [0.15, 0.2) is 16.7 Å². The fraction of sp³-hybridized carbons (Fsp3) is 0.556. The summed E-state index contributed by atoms with van der Waals surface area (Å²) in [6.07, 6.45) is 2.32. The van der Waals surface area contributed by atoms with E-state index >= 15 is 0 Å². The number of piperidine rings is 1. The first-order valence-corrected chi connectivity index (χ1v) is 11.6. The Bertz CT molecular complexity index is 920. The van der Waals surface area contributed by atoms with Crippen LogP contribution < -0.4 is 9.64 Å². The van der Waals surface area contributed by atoms with E-state index in [2.05, 4.69) is 60.9 Å². The molecule has 0 amide bonds. The van der Waals surface area contributed by atoms with Gasteiger partial charge in [0.05, 0.1) is 0 Å². The SMILES string of the molecule is CC(C)c1nsc(N2CCC(C(C)Oc3nc4ccc(Br)nc4s3)CC2)n1. The number of hydrogen-bond donors (Lipinski definition) is 0. The highest BCUT2D eigenvalue weighted by Crippen LogP contribution is 2.32. The maximum atomic E-state index is 6.16. The third-order valence-corrected chi connectivity index (χ3v) is 7.00. The van der Waals surface area contributed by atoms with E-state index in [1.165, 1.54) is 22.9 Å². The summed E-state index contributed by atoms with van der Waals surface area (Å²) < 4.78 is 11.5. The van der Waals surface area contributed by atoms with Gasteiger partial charge >= 0.3 is 0 Å². The minimum atomic E-state index is 0.136. The maximum Gasteiger partial charge on any atom is 0.276 e. The molecule has 4 heterocycles. The highest BCUT2D eigenvalue weighted by molar-refractivity contribution is 9.10. The number of nitrogens with zero attached hydrogens (tertiary/aromatic N) is 5. The molecule has 0 spiro atoms. The standard InChI is InChI=1S/C18H22BrN5OS2/c1-10(2)15-22-17(27-23-15)24-8-6-12(7-9-24)11(3)25-18-20-13-4-5-14(19)21-16(13)26-18/h4-5,10-12H,6-9H2,1-3H3. The van der Waals surface area contributed by atoms with Crippen LogP contribution in [0.2, 0.25) is 0 Å². The van der Waals surface area contributed by atoms with Crippen LogP contribution in [-0.2, 0) is 0 Å². The van der Waals surface area contributed by atoms with Crippen molar-refractivity contribution < 1.29 is 4.74 Å². The number of ether oxygens (including phenoxy) is 1. The number of pyridine rings is 1. The lowest BCUT2D eigenvalue weighted by molar-refractivity contribution is 0.133. The molecule has 144 valence electrons. The van der Waals surface area contributed by atoms with Gasteiger partial charge < -0.3 is 9.64 Å². The van der Waals surface area contributed by atoms with Crippen molar-refractivity contribution in [1.29, 1.82) is 0 Å². The fourth-order valence-corrected chi connectivity index (χ4v) is 5.39. The van der Waals surface area contributed by atoms with Crippen molar-refractivity contribution in [2.24, 2.45) is 5.92 Å². The summed E-state index contributed by atoms with van der Waals surface area (Å²) in [5.74, 6) is 1.85. The summed E-state index contributed by atoms with van der Waals surface area (Å²) in [6, 6.07) is 3.87. The molecule has 1 fully saturated rings. The Labute approximate surface area is 175 Å². The number of aromatic nitrogens is 4. The van der Waals surface area contributed by atoms with Gasteiger partial charge in [0, 0.05) is 30.5 Å². The van der Waals surface area contributed by atoms with E-state index in [-0.39, 0.29) is 6.10 Å². The third-order valence-electron chi connectivity index (χ3n) is 4.91. The van der Waals surface area contributed by atoms with E-state index in [0.29, 0.717) is 17.0 Å². The number of hydrogen-bond acceptors (Lipinski definition) is 8. The first-order valence-electron chi connectivity index (χ1n) is 9.18. The maximum absolute atomic E-state index is 6.16. The summed E-state index contributed by atoms with van der Waals surface area (Å²) in [5, 5.41) is 1.75. The van der Waals surface area contributed by atoms with Crippen molar-refractivity contribution in [1.82, 2.24) is 19.3 Å². The van der Waals surface area contributed by atoms with E-state index in [4.69, 9.17) is 4.74 Å². The number of halogens is 1. The minimum absolute atomic E-state index is 0.136. The normalized spacial score (nSPS) is 17.0. The average molecular weight is 468 g/mol. The molecule has 1 aliphatic rings. The predicted octanol–water partition coefficient (Wildman–Crippen LogP) is 5.11. The highest BCUT2D eigenvalue weighted by atomic mass is 79.9. The molecule has 1 atom stereocenters. The molecule has 0 aromatic carbocycles. The summed E-state index contributed by atoms with van der Waals surface area (Å²) in [5.41, 5.74) is 0.887. The Hall–Kier alpha value is -1.32. The Morgan fingerprint density at radius 1 is 1.15 bits per heavy atom. The minimum Gasteiger partial charge on any atom is -0.467 e. The van der Waals surface area contributed by atoms with E-state index in [9.17, 15) is 0 Å². The second kappa shape index (κ2) is 7.97. The molecular weight excluding hydrogens is 446 g/mol. The quantitative estimate of drug-likeness (QED) is 0.485. The van der Waals surface area contributed by atoms with Crippen LogP contribution in [0.25, 0.3) is 10.3 Å². The summed E-state index contributed by atoms with van der Waals surface area (Å²) in [4.78, 5) is 16.9. The summed E-state index contributed by atoms with van der Waals surface area (Å²) >= 11 is 6.42. The Morgan fingerprint density at radius 3 is 2.63 bits per heavy atom. The van der Waals surface area contributed by atoms with Crippen molar-refractivity contribution in [2.45, 2.75) is 45.6 Å². The van der Waals surface area contributed by atoms with Gasteiger partial charge in [0.25, 0.3) is 5.19 Å². The Kier molecular flexibility index (Phi) is 5.61. The molecule has 6 nitrogen and oxygen atoms in total. The molecule has 9 heteroatoms. The first-order chi connectivity index (χ1) is 13.0. The van der Waals surface area contributed by atoms with Gasteiger partial charge in [-0.25, -0.2) is 15.0 Å².